The van der Waals surface area contributed by atoms with Gasteiger partial charge < -0.3 is 14.7 Å². The first-order valence-electron chi connectivity index (χ1n) is 9.68. The summed E-state index contributed by atoms with van der Waals surface area (Å²) in [5.41, 5.74) is 7.68. The van der Waals surface area contributed by atoms with Gasteiger partial charge in [-0.1, -0.05) is 12.1 Å². The number of carbonyl (C=O) groups is 2. The summed E-state index contributed by atoms with van der Waals surface area (Å²) in [6.45, 7) is 5.01. The van der Waals surface area contributed by atoms with E-state index >= 15 is 0 Å². The number of amides is 2. The molecule has 0 saturated carbocycles. The highest BCUT2D eigenvalue weighted by Crippen LogP contribution is 2.36. The van der Waals surface area contributed by atoms with E-state index < -0.39 is 0 Å². The zero-order valence-corrected chi connectivity index (χ0v) is 19.6. The van der Waals surface area contributed by atoms with Gasteiger partial charge in [-0.3, -0.25) is 14.5 Å². The van der Waals surface area contributed by atoms with Crippen molar-refractivity contribution >= 4 is 64.2 Å². The van der Waals surface area contributed by atoms with Crippen molar-refractivity contribution in [2.24, 2.45) is 5.73 Å². The minimum Gasteiger partial charge on any atom is -0.450 e. The van der Waals surface area contributed by atoms with Crippen molar-refractivity contribution in [3.05, 3.63) is 47.1 Å². The molecule has 0 aliphatic carbocycles. The Hall–Kier alpha value is -2.20. The van der Waals surface area contributed by atoms with Crippen LogP contribution in [-0.4, -0.2) is 38.2 Å². The number of furan rings is 1. The highest BCUT2D eigenvalue weighted by atomic mass is 35.5. The number of rotatable bonds is 7. The number of aryl methyl sites for hydroxylation is 1. The number of nitrogens with two attached hydrogens (primary N) is 1. The monoisotopic (exact) mass is 478 g/mol. The number of para-hydroxylation sites is 2. The Morgan fingerprint density at radius 1 is 1.23 bits per heavy atom. The number of aromatic nitrogens is 2. The van der Waals surface area contributed by atoms with Gasteiger partial charge in [-0.15, -0.1) is 12.4 Å². The standard InChI is InChI=1S/C21H22N4O3S2.ClH/c1-13(2)25-19(26)17(29-21(25)27)12-14-8-9-18(28-14)30-20-23-15-6-3-4-7-16(15)24(20)11-5-10-22;/h3-4,6-9,12-13H,5,10-11,22H2,1-2H3;1H/b17-12+;. The van der Waals surface area contributed by atoms with Gasteiger partial charge in [0.25, 0.3) is 11.1 Å². The van der Waals surface area contributed by atoms with Crippen molar-refractivity contribution in [3.8, 4) is 0 Å². The Morgan fingerprint density at radius 2 is 2.00 bits per heavy atom. The minimum absolute atomic E-state index is 0. The number of thioether (sulfide) groups is 1. The molecule has 7 nitrogen and oxygen atoms in total. The predicted octanol–water partition coefficient (Wildman–Crippen LogP) is 5.00. The van der Waals surface area contributed by atoms with Gasteiger partial charge in [0, 0.05) is 18.7 Å². The summed E-state index contributed by atoms with van der Waals surface area (Å²) < 4.78 is 8.04. The largest absolute Gasteiger partial charge is 0.450 e. The number of hydrogen-bond donors (Lipinski definition) is 1. The summed E-state index contributed by atoms with van der Waals surface area (Å²) in [5.74, 6) is 0.241. The number of imidazole rings is 1. The maximum atomic E-state index is 12.4. The van der Waals surface area contributed by atoms with Gasteiger partial charge >= 0.3 is 0 Å². The van der Waals surface area contributed by atoms with Crippen LogP contribution in [0, 0.1) is 0 Å². The van der Waals surface area contributed by atoms with Crippen LogP contribution in [0.3, 0.4) is 0 Å². The Bertz CT molecular complexity index is 1140. The summed E-state index contributed by atoms with van der Waals surface area (Å²) in [4.78, 5) is 30.9. The maximum Gasteiger partial charge on any atom is 0.293 e. The van der Waals surface area contributed by atoms with E-state index in [-0.39, 0.29) is 29.6 Å². The number of fused-ring (bicyclic) bond motifs is 1. The second kappa shape index (κ2) is 9.95. The van der Waals surface area contributed by atoms with Crippen LogP contribution in [0.1, 0.15) is 26.0 Å². The molecule has 10 heteroatoms. The molecular weight excluding hydrogens is 456 g/mol. The van der Waals surface area contributed by atoms with Gasteiger partial charge in [0.1, 0.15) is 5.76 Å². The van der Waals surface area contributed by atoms with Gasteiger partial charge in [-0.2, -0.15) is 0 Å². The molecule has 1 fully saturated rings. The predicted molar refractivity (Wildman–Crippen MR) is 126 cm³/mol. The molecule has 3 heterocycles. The first-order chi connectivity index (χ1) is 14.5. The number of imide groups is 1. The summed E-state index contributed by atoms with van der Waals surface area (Å²) in [7, 11) is 0. The average molecular weight is 479 g/mol. The van der Waals surface area contributed by atoms with E-state index in [4.69, 9.17) is 15.1 Å². The molecule has 1 aliphatic heterocycles. The van der Waals surface area contributed by atoms with Crippen molar-refractivity contribution < 1.29 is 14.0 Å². The molecule has 2 aromatic heterocycles. The first-order valence-corrected chi connectivity index (χ1v) is 11.3. The van der Waals surface area contributed by atoms with E-state index in [9.17, 15) is 9.59 Å². The maximum absolute atomic E-state index is 12.4. The van der Waals surface area contributed by atoms with E-state index in [2.05, 4.69) is 4.57 Å². The van der Waals surface area contributed by atoms with E-state index in [0.717, 1.165) is 40.9 Å². The molecule has 4 rings (SSSR count). The number of halogens is 1. The smallest absolute Gasteiger partial charge is 0.293 e. The van der Waals surface area contributed by atoms with E-state index in [1.807, 2.05) is 44.2 Å². The fraction of sp³-hybridized carbons (Fsp3) is 0.286. The van der Waals surface area contributed by atoms with Crippen LogP contribution in [-0.2, 0) is 11.3 Å². The third-order valence-electron chi connectivity index (χ3n) is 4.61. The first kappa shape index (κ1) is 23.5. The minimum atomic E-state index is -0.283. The Kier molecular flexibility index (Phi) is 7.53. The number of carbonyl (C=O) groups excluding carboxylic acids is 2. The SMILES string of the molecule is CC(C)N1C(=O)S/C(=C/c2ccc(Sc3nc4ccccc4n3CCCN)o2)C1=O.Cl. The molecule has 1 aromatic carbocycles. The number of hydrogen-bond acceptors (Lipinski definition) is 7. The molecule has 164 valence electrons. The fourth-order valence-electron chi connectivity index (χ4n) is 3.21. The van der Waals surface area contributed by atoms with Crippen molar-refractivity contribution in [1.82, 2.24) is 14.5 Å². The molecule has 0 radical (unpaired) electrons. The molecule has 0 atom stereocenters. The van der Waals surface area contributed by atoms with Crippen LogP contribution in [0.25, 0.3) is 17.1 Å². The molecule has 0 unspecified atom stereocenters. The molecule has 1 aliphatic rings. The van der Waals surface area contributed by atoms with Gasteiger partial charge in [0.2, 0.25) is 0 Å². The zero-order chi connectivity index (χ0) is 21.3. The van der Waals surface area contributed by atoms with Crippen LogP contribution >= 0.6 is 35.9 Å². The highest BCUT2D eigenvalue weighted by molar-refractivity contribution is 8.18. The summed E-state index contributed by atoms with van der Waals surface area (Å²) in [6.07, 6.45) is 2.47. The molecule has 3 aromatic rings. The average Bonchev–Trinajstić information content (AvgIpc) is 3.37. The van der Waals surface area contributed by atoms with Gasteiger partial charge in [0.05, 0.1) is 15.9 Å². The third kappa shape index (κ3) is 4.85. The highest BCUT2D eigenvalue weighted by Gasteiger charge is 2.36. The lowest BCUT2D eigenvalue weighted by Crippen LogP contribution is -2.34. The van der Waals surface area contributed by atoms with Crippen LogP contribution in [0.4, 0.5) is 4.79 Å². The molecule has 2 N–H and O–H groups in total. The number of nitrogens with zero attached hydrogens (tertiary/aromatic N) is 3. The van der Waals surface area contributed by atoms with E-state index in [1.165, 1.54) is 16.7 Å². The molecule has 0 spiro atoms. The second-order valence-corrected chi connectivity index (χ2v) is 9.05. The lowest BCUT2D eigenvalue weighted by atomic mass is 10.3. The van der Waals surface area contributed by atoms with Crippen molar-refractivity contribution in [2.75, 3.05) is 6.54 Å². The molecule has 0 bridgehead atoms. The molecule has 2 amide bonds. The Labute approximate surface area is 194 Å². The Balaban J connectivity index is 0.00000272. The van der Waals surface area contributed by atoms with E-state index in [0.29, 0.717) is 22.3 Å². The lowest BCUT2D eigenvalue weighted by molar-refractivity contribution is -0.123. The molecular formula is C21H23ClN4O3S2. The second-order valence-electron chi connectivity index (χ2n) is 7.08. The zero-order valence-electron chi connectivity index (χ0n) is 17.1. The van der Waals surface area contributed by atoms with Crippen molar-refractivity contribution in [2.45, 2.75) is 43.1 Å². The van der Waals surface area contributed by atoms with Gasteiger partial charge in [-0.05, 0) is 74.6 Å². The van der Waals surface area contributed by atoms with Crippen LogP contribution in [0.5, 0.6) is 0 Å². The normalized spacial score (nSPS) is 15.5. The van der Waals surface area contributed by atoms with Crippen LogP contribution in [0.2, 0.25) is 0 Å². The lowest BCUT2D eigenvalue weighted by Gasteiger charge is -2.16. The van der Waals surface area contributed by atoms with Gasteiger partial charge in [-0.25, -0.2) is 4.98 Å². The summed E-state index contributed by atoms with van der Waals surface area (Å²) >= 11 is 2.36. The quantitative estimate of drug-likeness (QED) is 0.477. The topological polar surface area (TPSA) is 94.4 Å². The van der Waals surface area contributed by atoms with Gasteiger partial charge in [0.15, 0.2) is 10.2 Å². The van der Waals surface area contributed by atoms with Crippen molar-refractivity contribution in [1.29, 1.82) is 0 Å². The number of benzene rings is 1. The molecule has 31 heavy (non-hydrogen) atoms. The third-order valence-corrected chi connectivity index (χ3v) is 6.41. The van der Waals surface area contributed by atoms with E-state index in [1.54, 1.807) is 12.1 Å². The van der Waals surface area contributed by atoms with Crippen LogP contribution in [0.15, 0.2) is 56.0 Å². The summed E-state index contributed by atoms with van der Waals surface area (Å²) in [6, 6.07) is 11.4. The summed E-state index contributed by atoms with van der Waals surface area (Å²) in [5, 5.41) is 1.23. The Morgan fingerprint density at radius 3 is 2.71 bits per heavy atom. The molecule has 1 saturated heterocycles. The van der Waals surface area contributed by atoms with Crippen molar-refractivity contribution in [3.63, 3.8) is 0 Å². The fourth-order valence-corrected chi connectivity index (χ4v) is 5.05. The van der Waals surface area contributed by atoms with Crippen LogP contribution < -0.4 is 5.73 Å².